The number of rotatable bonds is 23. The van der Waals surface area contributed by atoms with Gasteiger partial charge in [-0.15, -0.1) is 0 Å². The molecule has 8 saturated heterocycles. The molecule has 0 aliphatic carbocycles. The molecule has 8 unspecified atom stereocenters. The molecule has 0 amide bonds. The number of aromatic amines is 1. The maximum absolute atomic E-state index is 12.9. The van der Waals surface area contributed by atoms with Gasteiger partial charge in [-0.3, -0.25) is 60.2 Å². The summed E-state index contributed by atoms with van der Waals surface area (Å²) in [4.78, 5) is 88.9. The van der Waals surface area contributed by atoms with Crippen molar-refractivity contribution in [1.29, 1.82) is 0 Å². The Hall–Kier alpha value is -3.98. The fourth-order valence-corrected chi connectivity index (χ4v) is 15.2. The summed E-state index contributed by atoms with van der Waals surface area (Å²) in [6.07, 6.45) is -2.86. The van der Waals surface area contributed by atoms with E-state index in [1.807, 2.05) is 19.1 Å². The number of nitrogens with zero attached hydrogens (tertiary/aromatic N) is 3. The number of hydrogen-bond donors (Lipinski definition) is 6. The second kappa shape index (κ2) is 29.0. The van der Waals surface area contributed by atoms with Crippen LogP contribution in [0.5, 0.6) is 0 Å². The summed E-state index contributed by atoms with van der Waals surface area (Å²) in [7, 11) is -6.38. The topological polar surface area (TPSA) is 435 Å². The lowest BCUT2D eigenvalue weighted by Crippen LogP contribution is -2.52. The molecule has 0 radical (unpaired) electrons. The molecular weight excluding hydrogens is 1310 g/mol. The van der Waals surface area contributed by atoms with E-state index in [1.54, 1.807) is 49.8 Å². The van der Waals surface area contributed by atoms with Gasteiger partial charge in [0.1, 0.15) is 65.1 Å². The number of ether oxygens (including phenoxy) is 12. The summed E-state index contributed by atoms with van der Waals surface area (Å²) in [5, 5.41) is 3.84. The maximum Gasteiger partial charge on any atom is 0.472 e. The van der Waals surface area contributed by atoms with Crippen molar-refractivity contribution in [3.63, 3.8) is 0 Å². The fourth-order valence-electron chi connectivity index (χ4n) is 12.3. The number of phosphoric acid groups is 3. The predicted octanol–water partition coefficient (Wildman–Crippen LogP) is 1.01. The molecule has 12 rings (SSSR count). The molecule has 40 heteroatoms. The molecular formula is C52H75N5O31P4. The number of nitrogens with one attached hydrogen (secondary N) is 2. The average Bonchev–Trinajstić information content (AvgIpc) is 1.59. The normalized spacial score (nSPS) is 35.6. The van der Waals surface area contributed by atoms with Crippen molar-refractivity contribution in [2.24, 2.45) is 0 Å². The van der Waals surface area contributed by atoms with Crippen LogP contribution in [0.15, 0.2) is 92.4 Å². The van der Waals surface area contributed by atoms with Crippen LogP contribution in [-0.2, 0) is 107 Å². The Morgan fingerprint density at radius 3 is 1.55 bits per heavy atom. The van der Waals surface area contributed by atoms with E-state index in [4.69, 9.17) is 70.4 Å². The first-order valence-electron chi connectivity index (χ1n) is 28.2. The second-order valence-electron chi connectivity index (χ2n) is 22.2. The first-order chi connectivity index (χ1) is 43.6. The van der Waals surface area contributed by atoms with Gasteiger partial charge >= 0.3 is 36.9 Å². The van der Waals surface area contributed by atoms with E-state index in [-0.39, 0.29) is 69.6 Å². The number of H-pyrrole nitrogens is 1. The minimum Gasteiger partial charge on any atom is -0.382 e. The molecule has 11 heterocycles. The summed E-state index contributed by atoms with van der Waals surface area (Å²) in [6.45, 7) is 3.20. The number of benzene rings is 1. The molecule has 0 spiro atoms. The van der Waals surface area contributed by atoms with Gasteiger partial charge in [-0.05, 0) is 30.5 Å². The highest BCUT2D eigenvalue weighted by molar-refractivity contribution is 7.50. The average molecular weight is 1390 g/mol. The van der Waals surface area contributed by atoms with Gasteiger partial charge in [-0.2, -0.15) is 0 Å². The molecule has 514 valence electrons. The summed E-state index contributed by atoms with van der Waals surface area (Å²) < 4.78 is 152. The van der Waals surface area contributed by atoms with Gasteiger partial charge in [0.2, 0.25) is 0 Å². The zero-order valence-corrected chi connectivity index (χ0v) is 54.7. The van der Waals surface area contributed by atoms with E-state index in [1.165, 1.54) is 48.8 Å². The van der Waals surface area contributed by atoms with Crippen LogP contribution in [0, 0.1) is 0 Å². The number of fused-ring (bicyclic) bond motifs is 9. The minimum absolute atomic E-state index is 0.0662. The van der Waals surface area contributed by atoms with Crippen LogP contribution in [0.4, 0.5) is 0 Å². The Balaban J connectivity index is 0.000000146. The number of hydrogen-bond acceptors (Lipinski definition) is 27. The van der Waals surface area contributed by atoms with Crippen LogP contribution in [0.1, 0.15) is 32.0 Å². The molecule has 1 aromatic carbocycles. The number of aromatic nitrogens is 4. The third-order valence-corrected chi connectivity index (χ3v) is 20.4. The first kappa shape index (κ1) is 72.3. The zero-order chi connectivity index (χ0) is 66.8. The molecule has 8 aliphatic rings. The van der Waals surface area contributed by atoms with Gasteiger partial charge in [0.05, 0.1) is 65.0 Å². The smallest absolute Gasteiger partial charge is 0.382 e. The lowest BCUT2D eigenvalue weighted by Gasteiger charge is -2.38. The van der Waals surface area contributed by atoms with Gasteiger partial charge in [-0.25, -0.2) is 28.1 Å². The van der Waals surface area contributed by atoms with Gasteiger partial charge in [-0.1, -0.05) is 24.3 Å². The van der Waals surface area contributed by atoms with Crippen molar-refractivity contribution in [2.75, 3.05) is 110 Å². The Bertz CT molecular complexity index is 3670. The molecule has 8 fully saturated rings. The van der Waals surface area contributed by atoms with E-state index in [0.717, 1.165) is 38.4 Å². The van der Waals surface area contributed by atoms with E-state index < -0.39 is 126 Å². The van der Waals surface area contributed by atoms with Crippen molar-refractivity contribution in [2.45, 2.75) is 109 Å². The van der Waals surface area contributed by atoms with E-state index in [9.17, 15) is 57.0 Å². The van der Waals surface area contributed by atoms with E-state index in [2.05, 4.69) is 28.2 Å². The lowest BCUT2D eigenvalue weighted by molar-refractivity contribution is -0.190. The van der Waals surface area contributed by atoms with E-state index >= 15 is 0 Å². The van der Waals surface area contributed by atoms with Crippen molar-refractivity contribution in [1.82, 2.24) is 23.8 Å². The standard InChI is InChI=1S/C17H20NO8P.C13H18NO8P.C12H18N3O8P.C10H19O7P/c1-22-9-17-10-24-13(14(17)26-27(20,21)23-2)16(25-17)18-8-7-11-5-3-4-6-12(11)15(18)19;1-18-7-13-8-20-10(11(13)22-23(16,17)19-2)12(21-13)14-6-4-3-5-9(14)15;1-20-5-12-6-22-8(9(12)14-24(18,19)21-2)10(23-12)15-4-3-7(16)13-11(15)17;1-7-8-9(17-18(11,12)14-3)10(16-7,6-13-2)4-5-15-8/h3-8,13-14,16H,9-10H2,1-2H3,(H,20,21);3-6,10-12H,7-8H2,1-2H3,(H,16,17);3-4,8-10H,5-6H2,1-2H3,(H,13,16,17)(H2,14,18,19);7-9H,4-6H2,1-3H3,(H,11,12)/t13?,14-,16-,17+;10?,11-,12-,13+;8?,9-,10-,12+;7-,8?,9+,10+/m0110/s1. The monoisotopic (exact) mass is 1390 g/mol. The van der Waals surface area contributed by atoms with Gasteiger partial charge in [0, 0.05) is 99.4 Å². The van der Waals surface area contributed by atoms with Crippen LogP contribution >= 0.6 is 31.2 Å². The molecule has 8 aliphatic heterocycles. The molecule has 6 N–H and O–H groups in total. The molecule has 0 saturated carbocycles. The Kier molecular flexibility index (Phi) is 22.8. The SMILES string of the molecule is COC[C@@]12CCOC([C@H](C)O1)[C@H]2OP(=O)(O)OC.COC[C@@]12COC([C@H](n3ccc(=O)[nH]c3=O)O1)[C@H]2NP(=O)(O)OC.COC[C@@]12COC([C@H](n3ccccc3=O)O1)[C@H]2OP(=O)(O)OC.COC[C@]12COC([C@@H](n3ccc4ccccc4c3=O)O1)[C@@H]2OP(=O)(O)OC. The third kappa shape index (κ3) is 14.8. The van der Waals surface area contributed by atoms with Gasteiger partial charge in [0.25, 0.3) is 16.7 Å². The first-order valence-corrected chi connectivity index (χ1v) is 34.2. The Morgan fingerprint density at radius 1 is 0.533 bits per heavy atom. The number of pyridine rings is 2. The molecule has 92 heavy (non-hydrogen) atoms. The molecule has 4 aromatic rings. The highest BCUT2D eigenvalue weighted by Crippen LogP contribution is 2.57. The van der Waals surface area contributed by atoms with Crippen molar-refractivity contribution >= 4 is 42.0 Å². The van der Waals surface area contributed by atoms with Crippen LogP contribution in [0.25, 0.3) is 10.8 Å². The van der Waals surface area contributed by atoms with E-state index in [0.29, 0.717) is 18.4 Å². The Morgan fingerprint density at radius 2 is 1.01 bits per heavy atom. The van der Waals surface area contributed by atoms with Crippen molar-refractivity contribution < 1.29 is 126 Å². The van der Waals surface area contributed by atoms with Crippen molar-refractivity contribution in [3.05, 3.63) is 115 Å². The van der Waals surface area contributed by atoms with Crippen molar-refractivity contribution in [3.8, 4) is 0 Å². The summed E-state index contributed by atoms with van der Waals surface area (Å²) in [5.74, 6) is 0. The minimum atomic E-state index is -4.30. The van der Waals surface area contributed by atoms with Gasteiger partial charge < -0.3 is 80.9 Å². The summed E-state index contributed by atoms with van der Waals surface area (Å²) in [5.41, 5.74) is -5.76. The quantitative estimate of drug-likeness (QED) is 0.0564. The van der Waals surface area contributed by atoms with Gasteiger partial charge in [0.15, 0.2) is 18.7 Å². The molecule has 20 atom stereocenters. The second-order valence-corrected chi connectivity index (χ2v) is 28.4. The number of phosphoric ester groups is 3. The predicted molar refractivity (Wildman–Crippen MR) is 312 cm³/mol. The number of methoxy groups -OCH3 is 4. The largest absolute Gasteiger partial charge is 0.472 e. The Labute approximate surface area is 524 Å². The lowest BCUT2D eigenvalue weighted by atomic mass is 9.90. The zero-order valence-electron chi connectivity index (χ0n) is 51.2. The van der Waals surface area contributed by atoms with Crippen LogP contribution in [0.3, 0.4) is 0 Å². The third-order valence-electron chi connectivity index (χ3n) is 16.4. The molecule has 8 bridgehead atoms. The highest BCUT2D eigenvalue weighted by Gasteiger charge is 2.67. The maximum atomic E-state index is 12.9. The highest BCUT2D eigenvalue weighted by atomic mass is 31.2. The summed E-state index contributed by atoms with van der Waals surface area (Å²) in [6, 6.07) is 14.1. The molecule has 36 nitrogen and oxygen atoms in total. The van der Waals surface area contributed by atoms with Crippen LogP contribution < -0.4 is 27.5 Å². The van der Waals surface area contributed by atoms with Crippen LogP contribution in [-0.4, -0.2) is 225 Å². The molecule has 3 aromatic heterocycles. The summed E-state index contributed by atoms with van der Waals surface area (Å²) >= 11 is 0. The fraction of sp³-hybridized carbons (Fsp3) is 0.654. The van der Waals surface area contributed by atoms with Crippen LogP contribution in [0.2, 0.25) is 0 Å².